The lowest BCUT2D eigenvalue weighted by molar-refractivity contribution is -0.137. The summed E-state index contributed by atoms with van der Waals surface area (Å²) in [6.07, 6.45) is 18.2. The van der Waals surface area contributed by atoms with E-state index in [-0.39, 0.29) is 5.97 Å². The largest absolute Gasteiger partial charge is 0.494 e. The van der Waals surface area contributed by atoms with Gasteiger partial charge in [0.2, 0.25) is 0 Å². The van der Waals surface area contributed by atoms with Crippen LogP contribution in [0.1, 0.15) is 62.5 Å². The predicted molar refractivity (Wildman–Crippen MR) is 123 cm³/mol. The number of carbonyl (C=O) groups excluding carboxylic acids is 1. The molecule has 160 valence electrons. The fourth-order valence-corrected chi connectivity index (χ4v) is 3.03. The second kappa shape index (κ2) is 15.0. The predicted octanol–water partition coefficient (Wildman–Crippen LogP) is 6.48. The van der Waals surface area contributed by atoms with Gasteiger partial charge in [0.15, 0.2) is 0 Å². The molecule has 0 aliphatic heterocycles. The Kier molecular flexibility index (Phi) is 11.7. The van der Waals surface area contributed by atoms with Crippen molar-refractivity contribution in [3.63, 3.8) is 0 Å². The Labute approximate surface area is 180 Å². The first-order valence-electron chi connectivity index (χ1n) is 10.9. The van der Waals surface area contributed by atoms with Crippen molar-refractivity contribution in [2.75, 3.05) is 13.2 Å². The molecule has 0 spiro atoms. The molecule has 0 bridgehead atoms. The molecule has 2 rings (SSSR count). The zero-order valence-corrected chi connectivity index (χ0v) is 17.8. The summed E-state index contributed by atoms with van der Waals surface area (Å²) < 4.78 is 10.8. The summed E-state index contributed by atoms with van der Waals surface area (Å²) in [6, 6.07) is 12.2. The number of hydrogen-bond donors (Lipinski definition) is 0. The standard InChI is InChI=1S/C26H33NO3/c1-2-26(28)30-22-10-8-6-4-3-5-7-9-21-29-25-15-13-23(14-16-25)11-12-24-17-19-27-20-18-24/h2,11-20H,1,3-10,21-22H2/b12-11+. The van der Waals surface area contributed by atoms with Crippen LogP contribution >= 0.6 is 0 Å². The molecule has 0 saturated carbocycles. The number of hydrogen-bond acceptors (Lipinski definition) is 4. The van der Waals surface area contributed by atoms with Gasteiger partial charge in [-0.3, -0.25) is 4.98 Å². The van der Waals surface area contributed by atoms with Crippen molar-refractivity contribution < 1.29 is 14.3 Å². The molecule has 30 heavy (non-hydrogen) atoms. The van der Waals surface area contributed by atoms with Crippen molar-refractivity contribution in [3.05, 3.63) is 72.6 Å². The van der Waals surface area contributed by atoms with Crippen LogP contribution in [0.4, 0.5) is 0 Å². The Morgan fingerprint density at radius 1 is 0.767 bits per heavy atom. The van der Waals surface area contributed by atoms with Crippen LogP contribution in [0.15, 0.2) is 61.4 Å². The van der Waals surface area contributed by atoms with Crippen LogP contribution in [0.25, 0.3) is 12.2 Å². The van der Waals surface area contributed by atoms with Crippen molar-refractivity contribution in [3.8, 4) is 5.75 Å². The van der Waals surface area contributed by atoms with Gasteiger partial charge in [-0.1, -0.05) is 69.4 Å². The van der Waals surface area contributed by atoms with E-state index >= 15 is 0 Å². The highest BCUT2D eigenvalue weighted by Gasteiger charge is 1.97. The lowest BCUT2D eigenvalue weighted by Gasteiger charge is -2.07. The maximum Gasteiger partial charge on any atom is 0.330 e. The molecule has 0 atom stereocenters. The van der Waals surface area contributed by atoms with Gasteiger partial charge in [-0.05, 0) is 48.2 Å². The van der Waals surface area contributed by atoms with Crippen LogP contribution in [0.5, 0.6) is 5.75 Å². The van der Waals surface area contributed by atoms with E-state index in [2.05, 4.69) is 35.8 Å². The van der Waals surface area contributed by atoms with E-state index < -0.39 is 0 Å². The third-order valence-corrected chi connectivity index (χ3v) is 4.77. The van der Waals surface area contributed by atoms with E-state index in [4.69, 9.17) is 9.47 Å². The smallest absolute Gasteiger partial charge is 0.330 e. The second-order valence-electron chi connectivity index (χ2n) is 7.23. The number of esters is 1. The van der Waals surface area contributed by atoms with Crippen LogP contribution in [0.3, 0.4) is 0 Å². The van der Waals surface area contributed by atoms with Gasteiger partial charge in [0.1, 0.15) is 5.75 Å². The molecular weight excluding hydrogens is 374 g/mol. The fraction of sp³-hybridized carbons (Fsp3) is 0.385. The minimum Gasteiger partial charge on any atom is -0.494 e. The molecule has 1 aromatic heterocycles. The molecule has 0 unspecified atom stereocenters. The van der Waals surface area contributed by atoms with Crippen LogP contribution in [0, 0.1) is 0 Å². The maximum absolute atomic E-state index is 10.9. The molecule has 1 aromatic carbocycles. The minimum absolute atomic E-state index is 0.328. The molecule has 0 N–H and O–H groups in total. The third kappa shape index (κ3) is 10.6. The van der Waals surface area contributed by atoms with Gasteiger partial charge in [0.25, 0.3) is 0 Å². The highest BCUT2D eigenvalue weighted by molar-refractivity contribution is 5.81. The molecule has 0 radical (unpaired) electrons. The highest BCUT2D eigenvalue weighted by Crippen LogP contribution is 2.15. The molecule has 1 heterocycles. The summed E-state index contributed by atoms with van der Waals surface area (Å²) in [5.41, 5.74) is 2.29. The van der Waals surface area contributed by atoms with E-state index in [9.17, 15) is 4.79 Å². The Balaban J connectivity index is 1.46. The van der Waals surface area contributed by atoms with Gasteiger partial charge in [0.05, 0.1) is 13.2 Å². The summed E-state index contributed by atoms with van der Waals surface area (Å²) in [5.74, 6) is 0.597. The Morgan fingerprint density at radius 2 is 1.30 bits per heavy atom. The van der Waals surface area contributed by atoms with E-state index in [0.29, 0.717) is 6.61 Å². The topological polar surface area (TPSA) is 48.4 Å². The van der Waals surface area contributed by atoms with Gasteiger partial charge in [0, 0.05) is 18.5 Å². The normalized spacial score (nSPS) is 10.8. The third-order valence-electron chi connectivity index (χ3n) is 4.77. The second-order valence-corrected chi connectivity index (χ2v) is 7.23. The molecule has 0 aliphatic carbocycles. The summed E-state index contributed by atoms with van der Waals surface area (Å²) in [6.45, 7) is 4.65. The highest BCUT2D eigenvalue weighted by atomic mass is 16.5. The van der Waals surface area contributed by atoms with Gasteiger partial charge in [-0.15, -0.1) is 0 Å². The Hall–Kier alpha value is -2.88. The van der Waals surface area contributed by atoms with Crippen LogP contribution in [-0.2, 0) is 9.53 Å². The molecule has 0 fully saturated rings. The van der Waals surface area contributed by atoms with Crippen molar-refractivity contribution in [2.24, 2.45) is 0 Å². The lowest BCUT2D eigenvalue weighted by Crippen LogP contribution is -2.01. The van der Waals surface area contributed by atoms with Crippen molar-refractivity contribution in [2.45, 2.75) is 51.4 Å². The van der Waals surface area contributed by atoms with Crippen LogP contribution < -0.4 is 4.74 Å². The number of carbonyl (C=O) groups is 1. The van der Waals surface area contributed by atoms with Crippen LogP contribution in [-0.4, -0.2) is 24.2 Å². The summed E-state index contributed by atoms with van der Waals surface area (Å²) >= 11 is 0. The number of benzene rings is 1. The number of ether oxygens (including phenoxy) is 2. The molecular formula is C26H33NO3. The van der Waals surface area contributed by atoms with Crippen molar-refractivity contribution in [1.29, 1.82) is 0 Å². The Morgan fingerprint density at radius 3 is 1.90 bits per heavy atom. The van der Waals surface area contributed by atoms with E-state index in [1.807, 2.05) is 24.3 Å². The van der Waals surface area contributed by atoms with Gasteiger partial charge in [-0.25, -0.2) is 4.79 Å². The zero-order valence-electron chi connectivity index (χ0n) is 17.8. The molecule has 4 heteroatoms. The first-order chi connectivity index (χ1) is 14.8. The van der Waals surface area contributed by atoms with E-state index in [1.54, 1.807) is 12.4 Å². The van der Waals surface area contributed by atoms with Gasteiger partial charge < -0.3 is 9.47 Å². The lowest BCUT2D eigenvalue weighted by atomic mass is 10.1. The van der Waals surface area contributed by atoms with E-state index in [1.165, 1.54) is 38.2 Å². The zero-order chi connectivity index (χ0) is 21.3. The molecule has 0 saturated heterocycles. The number of unbranched alkanes of at least 4 members (excludes halogenated alkanes) is 7. The van der Waals surface area contributed by atoms with E-state index in [0.717, 1.165) is 42.7 Å². The first-order valence-corrected chi connectivity index (χ1v) is 10.9. The average Bonchev–Trinajstić information content (AvgIpc) is 2.79. The molecule has 4 nitrogen and oxygen atoms in total. The Bertz CT molecular complexity index is 754. The quantitative estimate of drug-likeness (QED) is 0.193. The summed E-state index contributed by atoms with van der Waals surface area (Å²) in [4.78, 5) is 14.9. The fourth-order valence-electron chi connectivity index (χ4n) is 3.03. The van der Waals surface area contributed by atoms with Gasteiger partial charge >= 0.3 is 5.97 Å². The minimum atomic E-state index is -0.328. The molecule has 0 aliphatic rings. The number of pyridine rings is 1. The summed E-state index contributed by atoms with van der Waals surface area (Å²) in [5, 5.41) is 0. The number of aromatic nitrogens is 1. The SMILES string of the molecule is C=CC(=O)OCCCCCCCCCCOc1ccc(/C=C/c2ccncc2)cc1. The van der Waals surface area contributed by atoms with Crippen molar-refractivity contribution in [1.82, 2.24) is 4.98 Å². The summed E-state index contributed by atoms with van der Waals surface area (Å²) in [7, 11) is 0. The number of rotatable bonds is 15. The van der Waals surface area contributed by atoms with Gasteiger partial charge in [-0.2, -0.15) is 0 Å². The van der Waals surface area contributed by atoms with Crippen LogP contribution in [0.2, 0.25) is 0 Å². The molecule has 0 amide bonds. The maximum atomic E-state index is 10.9. The first kappa shape index (κ1) is 23.4. The van der Waals surface area contributed by atoms with Crippen molar-refractivity contribution >= 4 is 18.1 Å². The average molecular weight is 408 g/mol. The molecule has 2 aromatic rings. The number of nitrogens with zero attached hydrogens (tertiary/aromatic N) is 1. The monoisotopic (exact) mass is 407 g/mol.